The number of esters is 1. The van der Waals surface area contributed by atoms with Crippen molar-refractivity contribution < 1.29 is 14.3 Å². The Hall–Kier alpha value is -1.85. The van der Waals surface area contributed by atoms with Crippen LogP contribution in [0.3, 0.4) is 0 Å². The van der Waals surface area contributed by atoms with Crippen molar-refractivity contribution in [2.24, 2.45) is 0 Å². The first-order chi connectivity index (χ1) is 11.0. The lowest BCUT2D eigenvalue weighted by atomic mass is 10.1. The summed E-state index contributed by atoms with van der Waals surface area (Å²) in [5, 5.41) is 3.13. The van der Waals surface area contributed by atoms with Gasteiger partial charge in [-0.2, -0.15) is 0 Å². The third-order valence-electron chi connectivity index (χ3n) is 3.01. The van der Waals surface area contributed by atoms with Crippen molar-refractivity contribution in [1.29, 1.82) is 0 Å². The minimum absolute atomic E-state index is 0.163. The van der Waals surface area contributed by atoms with Gasteiger partial charge in [-0.05, 0) is 42.8 Å². The zero-order valence-electron chi connectivity index (χ0n) is 12.4. The number of anilines is 1. The molecule has 23 heavy (non-hydrogen) atoms. The van der Waals surface area contributed by atoms with Gasteiger partial charge in [0.25, 0.3) is 5.91 Å². The first-order valence-corrected chi connectivity index (χ1v) is 8.17. The monoisotopic (exact) mass is 395 g/mol. The maximum atomic E-state index is 12.3. The lowest BCUT2D eigenvalue weighted by molar-refractivity contribution is -0.142. The molecular weight excluding hydrogens is 382 g/mol. The second kappa shape index (κ2) is 8.13. The minimum Gasteiger partial charge on any atom is -0.466 e. The van der Waals surface area contributed by atoms with Gasteiger partial charge in [0.15, 0.2) is 0 Å². The minimum atomic E-state index is -0.309. The summed E-state index contributed by atoms with van der Waals surface area (Å²) >= 11 is 9.37. The van der Waals surface area contributed by atoms with E-state index in [2.05, 4.69) is 21.2 Å². The summed E-state index contributed by atoms with van der Waals surface area (Å²) in [6.45, 7) is 2.10. The first-order valence-electron chi connectivity index (χ1n) is 7.00. The Bertz CT molecular complexity index is 734. The number of amides is 1. The SMILES string of the molecule is CCOC(=O)Cc1cccc(NC(=O)c2ccc(Br)cc2Cl)c1. The van der Waals surface area contributed by atoms with Crippen LogP contribution in [0.25, 0.3) is 0 Å². The molecule has 1 amide bonds. The van der Waals surface area contributed by atoms with Crippen LogP contribution in [0.1, 0.15) is 22.8 Å². The Kier molecular flexibility index (Phi) is 6.19. The Labute approximate surface area is 147 Å². The summed E-state index contributed by atoms with van der Waals surface area (Å²) in [7, 11) is 0. The predicted molar refractivity (Wildman–Crippen MR) is 93.9 cm³/mol. The average molecular weight is 397 g/mol. The molecule has 0 aliphatic rings. The number of nitrogens with one attached hydrogen (secondary N) is 1. The van der Waals surface area contributed by atoms with Crippen LogP contribution in [0.15, 0.2) is 46.9 Å². The highest BCUT2D eigenvalue weighted by Gasteiger charge is 2.11. The maximum Gasteiger partial charge on any atom is 0.310 e. The molecule has 120 valence electrons. The van der Waals surface area contributed by atoms with Crippen LogP contribution in [0.5, 0.6) is 0 Å². The number of hydrogen-bond donors (Lipinski definition) is 1. The van der Waals surface area contributed by atoms with E-state index in [0.717, 1.165) is 10.0 Å². The molecule has 0 atom stereocenters. The van der Waals surface area contributed by atoms with Crippen molar-refractivity contribution in [1.82, 2.24) is 0 Å². The number of carbonyl (C=O) groups is 2. The van der Waals surface area contributed by atoms with E-state index in [1.54, 1.807) is 49.4 Å². The molecule has 0 unspecified atom stereocenters. The van der Waals surface area contributed by atoms with Crippen LogP contribution in [0.2, 0.25) is 5.02 Å². The molecule has 0 aromatic heterocycles. The number of carbonyl (C=O) groups excluding carboxylic acids is 2. The first kappa shape index (κ1) is 17.5. The van der Waals surface area contributed by atoms with E-state index in [4.69, 9.17) is 16.3 Å². The smallest absolute Gasteiger partial charge is 0.310 e. The van der Waals surface area contributed by atoms with Crippen molar-refractivity contribution in [3.8, 4) is 0 Å². The number of hydrogen-bond acceptors (Lipinski definition) is 3. The fraction of sp³-hybridized carbons (Fsp3) is 0.176. The number of benzene rings is 2. The fourth-order valence-corrected chi connectivity index (χ4v) is 2.77. The lowest BCUT2D eigenvalue weighted by Gasteiger charge is -2.09. The topological polar surface area (TPSA) is 55.4 Å². The van der Waals surface area contributed by atoms with Crippen LogP contribution < -0.4 is 5.32 Å². The summed E-state index contributed by atoms with van der Waals surface area (Å²) < 4.78 is 5.72. The molecule has 2 rings (SSSR count). The highest BCUT2D eigenvalue weighted by molar-refractivity contribution is 9.10. The van der Waals surface area contributed by atoms with E-state index in [1.165, 1.54) is 0 Å². The van der Waals surface area contributed by atoms with Crippen LogP contribution in [0.4, 0.5) is 5.69 Å². The second-order valence-corrected chi connectivity index (χ2v) is 6.08. The van der Waals surface area contributed by atoms with E-state index < -0.39 is 0 Å². The third kappa shape index (κ3) is 5.08. The van der Waals surface area contributed by atoms with Crippen LogP contribution in [-0.2, 0) is 16.0 Å². The van der Waals surface area contributed by atoms with E-state index in [9.17, 15) is 9.59 Å². The average Bonchev–Trinajstić information content (AvgIpc) is 2.47. The largest absolute Gasteiger partial charge is 0.466 e. The molecular formula is C17H15BrClNO3. The van der Waals surface area contributed by atoms with Gasteiger partial charge in [-0.1, -0.05) is 39.7 Å². The van der Waals surface area contributed by atoms with Gasteiger partial charge in [-0.15, -0.1) is 0 Å². The molecule has 6 heteroatoms. The Morgan fingerprint density at radius 1 is 1.22 bits per heavy atom. The van der Waals surface area contributed by atoms with Crippen LogP contribution in [0, 0.1) is 0 Å². The molecule has 0 fully saturated rings. The van der Waals surface area contributed by atoms with Gasteiger partial charge in [0.05, 0.1) is 23.6 Å². The summed E-state index contributed by atoms with van der Waals surface area (Å²) in [5.74, 6) is -0.609. The molecule has 0 saturated heterocycles. The van der Waals surface area contributed by atoms with E-state index in [1.807, 2.05) is 0 Å². The Morgan fingerprint density at radius 2 is 2.00 bits per heavy atom. The molecule has 0 heterocycles. The molecule has 0 radical (unpaired) electrons. The Balaban J connectivity index is 2.10. The van der Waals surface area contributed by atoms with Crippen molar-refractivity contribution in [2.45, 2.75) is 13.3 Å². The van der Waals surface area contributed by atoms with E-state index in [-0.39, 0.29) is 18.3 Å². The molecule has 0 aliphatic carbocycles. The fourth-order valence-electron chi connectivity index (χ4n) is 2.01. The molecule has 0 saturated carbocycles. The summed E-state index contributed by atoms with van der Waals surface area (Å²) in [4.78, 5) is 23.8. The summed E-state index contributed by atoms with van der Waals surface area (Å²) in [6.07, 6.45) is 0.163. The second-order valence-electron chi connectivity index (χ2n) is 4.76. The number of rotatable bonds is 5. The molecule has 1 N–H and O–H groups in total. The quantitative estimate of drug-likeness (QED) is 0.759. The van der Waals surface area contributed by atoms with Crippen LogP contribution in [-0.4, -0.2) is 18.5 Å². The number of ether oxygens (including phenoxy) is 1. The predicted octanol–water partition coefficient (Wildman–Crippen LogP) is 4.46. The van der Waals surface area contributed by atoms with Crippen LogP contribution >= 0.6 is 27.5 Å². The molecule has 0 aliphatic heterocycles. The van der Waals surface area contributed by atoms with Crippen molar-refractivity contribution in [3.63, 3.8) is 0 Å². The van der Waals surface area contributed by atoms with Gasteiger partial charge >= 0.3 is 5.97 Å². The molecule has 2 aromatic carbocycles. The lowest BCUT2D eigenvalue weighted by Crippen LogP contribution is -2.13. The van der Waals surface area contributed by atoms with E-state index >= 15 is 0 Å². The molecule has 0 bridgehead atoms. The van der Waals surface area contributed by atoms with Gasteiger partial charge in [-0.25, -0.2) is 0 Å². The van der Waals surface area contributed by atoms with Gasteiger partial charge in [0.2, 0.25) is 0 Å². The zero-order valence-corrected chi connectivity index (χ0v) is 14.8. The third-order valence-corrected chi connectivity index (χ3v) is 3.82. The molecule has 0 spiro atoms. The molecule has 2 aromatic rings. The normalized spacial score (nSPS) is 10.2. The maximum absolute atomic E-state index is 12.3. The highest BCUT2D eigenvalue weighted by Crippen LogP contribution is 2.22. The number of halogens is 2. The van der Waals surface area contributed by atoms with Gasteiger partial charge in [0.1, 0.15) is 0 Å². The highest BCUT2D eigenvalue weighted by atomic mass is 79.9. The van der Waals surface area contributed by atoms with E-state index in [0.29, 0.717) is 22.9 Å². The van der Waals surface area contributed by atoms with Gasteiger partial charge in [0, 0.05) is 10.2 Å². The molecule has 4 nitrogen and oxygen atoms in total. The van der Waals surface area contributed by atoms with Gasteiger partial charge in [-0.3, -0.25) is 9.59 Å². The van der Waals surface area contributed by atoms with Crippen molar-refractivity contribution in [2.75, 3.05) is 11.9 Å². The zero-order chi connectivity index (χ0) is 16.8. The van der Waals surface area contributed by atoms with Crippen molar-refractivity contribution >= 4 is 45.1 Å². The summed E-state index contributed by atoms with van der Waals surface area (Å²) in [6, 6.07) is 12.1. The Morgan fingerprint density at radius 3 is 2.70 bits per heavy atom. The summed E-state index contributed by atoms with van der Waals surface area (Å²) in [5.41, 5.74) is 1.74. The standard InChI is InChI=1S/C17H15BrClNO3/c1-2-23-16(21)9-11-4-3-5-13(8-11)20-17(22)14-7-6-12(18)10-15(14)19/h3-8,10H,2,9H2,1H3,(H,20,22). The van der Waals surface area contributed by atoms with Crippen molar-refractivity contribution in [3.05, 3.63) is 63.1 Å². The van der Waals surface area contributed by atoms with Gasteiger partial charge < -0.3 is 10.1 Å².